The normalized spacial score (nSPS) is 9.44. The second-order valence-corrected chi connectivity index (χ2v) is 3.24. The first-order chi connectivity index (χ1) is 8.58. The molecule has 0 aromatic heterocycles. The van der Waals surface area contributed by atoms with Crippen LogP contribution in [0.25, 0.3) is 0 Å². The van der Waals surface area contributed by atoms with Gasteiger partial charge in [-0.05, 0) is 31.2 Å². The van der Waals surface area contributed by atoms with E-state index in [4.69, 9.17) is 0 Å². The van der Waals surface area contributed by atoms with Crippen LogP contribution in [0.4, 0.5) is 10.5 Å². The SMILES string of the molecule is CCOC(=O)C(=O)c1ccc(NC(=O)OC)cc1. The summed E-state index contributed by atoms with van der Waals surface area (Å²) in [5.41, 5.74) is 0.658. The van der Waals surface area contributed by atoms with E-state index in [0.717, 1.165) is 0 Å². The Morgan fingerprint density at radius 3 is 2.28 bits per heavy atom. The van der Waals surface area contributed by atoms with Crippen molar-refractivity contribution < 1.29 is 23.9 Å². The first kappa shape index (κ1) is 13.7. The number of hydrogen-bond donors (Lipinski definition) is 1. The standard InChI is InChI=1S/C12H13NO5/c1-3-18-11(15)10(14)8-4-6-9(7-5-8)13-12(16)17-2/h4-7H,3H2,1-2H3,(H,13,16). The van der Waals surface area contributed by atoms with Gasteiger partial charge in [-0.25, -0.2) is 9.59 Å². The molecule has 0 spiro atoms. The second kappa shape index (κ2) is 6.39. The topological polar surface area (TPSA) is 81.7 Å². The molecule has 0 heterocycles. The zero-order chi connectivity index (χ0) is 13.5. The molecule has 0 bridgehead atoms. The average Bonchev–Trinajstić information content (AvgIpc) is 2.39. The van der Waals surface area contributed by atoms with Gasteiger partial charge in [-0.1, -0.05) is 0 Å². The van der Waals surface area contributed by atoms with Crippen LogP contribution in [0.5, 0.6) is 0 Å². The molecular formula is C12H13NO5. The summed E-state index contributed by atoms with van der Waals surface area (Å²) in [7, 11) is 1.24. The highest BCUT2D eigenvalue weighted by Gasteiger charge is 2.17. The molecule has 0 atom stereocenters. The van der Waals surface area contributed by atoms with Crippen molar-refractivity contribution in [1.29, 1.82) is 0 Å². The predicted molar refractivity (Wildman–Crippen MR) is 63.4 cm³/mol. The molecule has 0 fully saturated rings. The van der Waals surface area contributed by atoms with Gasteiger partial charge in [-0.2, -0.15) is 0 Å². The zero-order valence-corrected chi connectivity index (χ0v) is 10.1. The second-order valence-electron chi connectivity index (χ2n) is 3.24. The smallest absolute Gasteiger partial charge is 0.411 e. The minimum atomic E-state index is -0.897. The third kappa shape index (κ3) is 3.58. The lowest BCUT2D eigenvalue weighted by Gasteiger charge is -2.04. The van der Waals surface area contributed by atoms with Crippen LogP contribution in [0, 0.1) is 0 Å². The number of ether oxygens (including phenoxy) is 2. The molecule has 0 radical (unpaired) electrons. The molecule has 0 aliphatic heterocycles. The molecule has 1 amide bonds. The number of Topliss-reactive ketones (excluding diaryl/α,β-unsaturated/α-hetero) is 1. The Morgan fingerprint density at radius 2 is 1.78 bits per heavy atom. The minimum Gasteiger partial charge on any atom is -0.460 e. The third-order valence-corrected chi connectivity index (χ3v) is 2.04. The van der Waals surface area contributed by atoms with Gasteiger partial charge in [0.15, 0.2) is 0 Å². The Balaban J connectivity index is 2.73. The van der Waals surface area contributed by atoms with Crippen LogP contribution in [0.3, 0.4) is 0 Å². The van der Waals surface area contributed by atoms with E-state index in [2.05, 4.69) is 14.8 Å². The van der Waals surface area contributed by atoms with Gasteiger partial charge in [0.1, 0.15) is 0 Å². The average molecular weight is 251 g/mol. The molecule has 6 nitrogen and oxygen atoms in total. The van der Waals surface area contributed by atoms with Crippen LogP contribution in [0.2, 0.25) is 0 Å². The number of anilines is 1. The molecule has 1 rings (SSSR count). The van der Waals surface area contributed by atoms with Crippen molar-refractivity contribution in [2.75, 3.05) is 19.0 Å². The number of methoxy groups -OCH3 is 1. The lowest BCUT2D eigenvalue weighted by Crippen LogP contribution is -2.17. The molecule has 1 N–H and O–H groups in total. The summed E-state index contributed by atoms with van der Waals surface area (Å²) >= 11 is 0. The van der Waals surface area contributed by atoms with E-state index in [1.165, 1.54) is 31.4 Å². The molecule has 1 aromatic rings. The Labute approximate surface area is 104 Å². The van der Waals surface area contributed by atoms with Gasteiger partial charge < -0.3 is 9.47 Å². The number of rotatable bonds is 4. The summed E-state index contributed by atoms with van der Waals surface area (Å²) < 4.78 is 9.00. The number of esters is 1. The summed E-state index contributed by atoms with van der Waals surface area (Å²) in [6.07, 6.45) is -0.612. The quantitative estimate of drug-likeness (QED) is 0.499. The predicted octanol–water partition coefficient (Wildman–Crippen LogP) is 1.61. The maximum atomic E-state index is 11.5. The van der Waals surface area contributed by atoms with Crippen LogP contribution >= 0.6 is 0 Å². The molecule has 0 aliphatic carbocycles. The van der Waals surface area contributed by atoms with Gasteiger partial charge in [-0.3, -0.25) is 10.1 Å². The van der Waals surface area contributed by atoms with Crippen molar-refractivity contribution >= 4 is 23.5 Å². The van der Waals surface area contributed by atoms with Gasteiger partial charge in [0, 0.05) is 11.3 Å². The van der Waals surface area contributed by atoms with Crippen LogP contribution in [-0.2, 0) is 14.3 Å². The van der Waals surface area contributed by atoms with Crippen LogP contribution in [-0.4, -0.2) is 31.6 Å². The van der Waals surface area contributed by atoms with E-state index in [0.29, 0.717) is 5.69 Å². The molecular weight excluding hydrogens is 238 g/mol. The van der Waals surface area contributed by atoms with E-state index in [1.54, 1.807) is 6.92 Å². The highest BCUT2D eigenvalue weighted by Crippen LogP contribution is 2.10. The fourth-order valence-corrected chi connectivity index (χ4v) is 1.19. The molecule has 0 aliphatic rings. The molecule has 18 heavy (non-hydrogen) atoms. The summed E-state index contributed by atoms with van der Waals surface area (Å²) in [4.78, 5) is 33.6. The van der Waals surface area contributed by atoms with E-state index >= 15 is 0 Å². The first-order valence-corrected chi connectivity index (χ1v) is 5.25. The van der Waals surface area contributed by atoms with Crippen LogP contribution < -0.4 is 5.32 Å². The number of carbonyl (C=O) groups is 3. The molecule has 0 unspecified atom stereocenters. The van der Waals surface area contributed by atoms with Gasteiger partial charge >= 0.3 is 12.1 Å². The van der Waals surface area contributed by atoms with Crippen LogP contribution in [0.1, 0.15) is 17.3 Å². The monoisotopic (exact) mass is 251 g/mol. The van der Waals surface area contributed by atoms with Gasteiger partial charge in [0.25, 0.3) is 5.78 Å². The summed E-state index contributed by atoms with van der Waals surface area (Å²) in [5.74, 6) is -1.62. The van der Waals surface area contributed by atoms with Crippen molar-refractivity contribution in [2.45, 2.75) is 6.92 Å². The van der Waals surface area contributed by atoms with Crippen LogP contribution in [0.15, 0.2) is 24.3 Å². The number of nitrogens with one attached hydrogen (secondary N) is 1. The molecule has 0 saturated heterocycles. The van der Waals surface area contributed by atoms with Crippen molar-refractivity contribution in [3.05, 3.63) is 29.8 Å². The Kier molecular flexibility index (Phi) is 4.86. The van der Waals surface area contributed by atoms with E-state index in [9.17, 15) is 14.4 Å². The first-order valence-electron chi connectivity index (χ1n) is 5.25. The van der Waals surface area contributed by atoms with E-state index < -0.39 is 17.8 Å². The molecule has 96 valence electrons. The minimum absolute atomic E-state index is 0.145. The maximum Gasteiger partial charge on any atom is 0.411 e. The Bertz CT molecular complexity index is 452. The van der Waals surface area contributed by atoms with E-state index in [-0.39, 0.29) is 12.2 Å². The number of ketones is 1. The molecule has 6 heteroatoms. The highest BCUT2D eigenvalue weighted by atomic mass is 16.5. The van der Waals surface area contributed by atoms with Gasteiger partial charge in [0.2, 0.25) is 0 Å². The lowest BCUT2D eigenvalue weighted by atomic mass is 10.1. The van der Waals surface area contributed by atoms with Crippen molar-refractivity contribution in [1.82, 2.24) is 0 Å². The largest absolute Gasteiger partial charge is 0.460 e. The molecule has 1 aromatic carbocycles. The number of carbonyl (C=O) groups excluding carboxylic acids is 3. The molecule has 0 saturated carbocycles. The maximum absolute atomic E-state index is 11.5. The zero-order valence-electron chi connectivity index (χ0n) is 10.1. The number of benzene rings is 1. The summed E-state index contributed by atoms with van der Waals surface area (Å²) in [6, 6.07) is 5.82. The Hall–Kier alpha value is -2.37. The number of hydrogen-bond acceptors (Lipinski definition) is 5. The fourth-order valence-electron chi connectivity index (χ4n) is 1.19. The fraction of sp³-hybridized carbons (Fsp3) is 0.250. The number of amides is 1. The van der Waals surface area contributed by atoms with Crippen molar-refractivity contribution in [2.24, 2.45) is 0 Å². The van der Waals surface area contributed by atoms with E-state index in [1.807, 2.05) is 0 Å². The highest BCUT2D eigenvalue weighted by molar-refractivity contribution is 6.40. The van der Waals surface area contributed by atoms with Gasteiger partial charge in [0.05, 0.1) is 13.7 Å². The third-order valence-electron chi connectivity index (χ3n) is 2.04. The lowest BCUT2D eigenvalue weighted by molar-refractivity contribution is -0.137. The summed E-state index contributed by atoms with van der Waals surface area (Å²) in [5, 5.41) is 2.42. The summed E-state index contributed by atoms with van der Waals surface area (Å²) in [6.45, 7) is 1.76. The Morgan fingerprint density at radius 1 is 1.17 bits per heavy atom. The van der Waals surface area contributed by atoms with Crippen molar-refractivity contribution in [3.63, 3.8) is 0 Å². The van der Waals surface area contributed by atoms with Crippen molar-refractivity contribution in [3.8, 4) is 0 Å². The van der Waals surface area contributed by atoms with Gasteiger partial charge in [-0.15, -0.1) is 0 Å².